The molecule has 1 fully saturated rings. The number of nitrogens with one attached hydrogen (secondary N) is 2. The van der Waals surface area contributed by atoms with Crippen molar-refractivity contribution in [3.63, 3.8) is 0 Å². The Balaban J connectivity index is 2.44. The van der Waals surface area contributed by atoms with E-state index in [0.29, 0.717) is 13.1 Å². The summed E-state index contributed by atoms with van der Waals surface area (Å²) >= 11 is 0. The molecule has 0 bridgehead atoms. The van der Waals surface area contributed by atoms with E-state index in [1.807, 2.05) is 13.8 Å². The molecular weight excluding hydrogens is 281 g/mol. The second-order valence-electron chi connectivity index (χ2n) is 5.12. The number of sulfonamides is 1. The number of hydrogen-bond donors (Lipinski definition) is 2. The Hall–Kier alpha value is -1.31. The molecule has 1 aromatic rings. The van der Waals surface area contributed by atoms with Crippen LogP contribution in [0.15, 0.2) is 23.1 Å². The van der Waals surface area contributed by atoms with Crippen LogP contribution >= 0.6 is 0 Å². The average Bonchev–Trinajstić information content (AvgIpc) is 2.37. The molecule has 2 atom stereocenters. The van der Waals surface area contributed by atoms with Crippen LogP contribution in [0.1, 0.15) is 19.4 Å². The van der Waals surface area contributed by atoms with Gasteiger partial charge >= 0.3 is 0 Å². The van der Waals surface area contributed by atoms with Crippen LogP contribution in [0.3, 0.4) is 0 Å². The van der Waals surface area contributed by atoms with Crippen molar-refractivity contribution in [3.05, 3.63) is 29.6 Å². The van der Waals surface area contributed by atoms with E-state index in [9.17, 15) is 12.8 Å². The number of hydrogen-bond acceptors (Lipinski definition) is 4. The van der Waals surface area contributed by atoms with Gasteiger partial charge in [0.05, 0.1) is 4.90 Å². The standard InChI is InChI=1S/C13H18FN3O2S/c1-9-7-17(8-10(2)16-9)20(18,19)13-5-12(14)4-3-11(13)6-15/h3-6,9-10,15-16H,7-8H2,1-2H3. The maximum atomic E-state index is 13.4. The second kappa shape index (κ2) is 5.59. The highest BCUT2D eigenvalue weighted by atomic mass is 32.2. The third kappa shape index (κ3) is 2.89. The SMILES string of the molecule is CC1CN(S(=O)(=O)c2cc(F)ccc2C=N)CC(C)N1. The van der Waals surface area contributed by atoms with E-state index in [1.165, 1.54) is 10.4 Å². The Morgan fingerprint density at radius 1 is 1.35 bits per heavy atom. The first-order valence-corrected chi connectivity index (χ1v) is 7.85. The van der Waals surface area contributed by atoms with Gasteiger partial charge < -0.3 is 10.7 Å². The minimum absolute atomic E-state index is 0.0329. The minimum atomic E-state index is -3.79. The topological polar surface area (TPSA) is 73.3 Å². The summed E-state index contributed by atoms with van der Waals surface area (Å²) in [7, 11) is -3.79. The molecule has 0 aromatic heterocycles. The summed E-state index contributed by atoms with van der Waals surface area (Å²) in [6, 6.07) is 3.51. The zero-order valence-corrected chi connectivity index (χ0v) is 12.2. The zero-order chi connectivity index (χ0) is 14.9. The third-order valence-electron chi connectivity index (χ3n) is 3.27. The van der Waals surface area contributed by atoms with Crippen molar-refractivity contribution in [2.75, 3.05) is 13.1 Å². The van der Waals surface area contributed by atoms with Gasteiger partial charge in [0.1, 0.15) is 5.82 Å². The van der Waals surface area contributed by atoms with Gasteiger partial charge in [-0.15, -0.1) is 0 Å². The highest BCUT2D eigenvalue weighted by Crippen LogP contribution is 2.22. The fraction of sp³-hybridized carbons (Fsp3) is 0.462. The molecule has 5 nitrogen and oxygen atoms in total. The summed E-state index contributed by atoms with van der Waals surface area (Å²) in [5.41, 5.74) is 0.199. The van der Waals surface area contributed by atoms with E-state index < -0.39 is 15.8 Å². The molecule has 2 N–H and O–H groups in total. The van der Waals surface area contributed by atoms with Gasteiger partial charge in [-0.3, -0.25) is 0 Å². The van der Waals surface area contributed by atoms with Crippen molar-refractivity contribution in [2.45, 2.75) is 30.8 Å². The maximum Gasteiger partial charge on any atom is 0.243 e. The third-order valence-corrected chi connectivity index (χ3v) is 5.16. The smallest absolute Gasteiger partial charge is 0.243 e. The lowest BCUT2D eigenvalue weighted by Gasteiger charge is -2.35. The highest BCUT2D eigenvalue weighted by molar-refractivity contribution is 7.89. The van der Waals surface area contributed by atoms with Crippen LogP contribution in [0.5, 0.6) is 0 Å². The summed E-state index contributed by atoms with van der Waals surface area (Å²) < 4.78 is 40.0. The second-order valence-corrected chi connectivity index (χ2v) is 7.02. The Morgan fingerprint density at radius 2 is 1.95 bits per heavy atom. The van der Waals surface area contributed by atoms with Gasteiger partial charge in [0.15, 0.2) is 0 Å². The Kier molecular flexibility index (Phi) is 4.22. The molecule has 0 radical (unpaired) electrons. The largest absolute Gasteiger partial charge is 0.309 e. The normalized spacial score (nSPS) is 24.6. The van der Waals surface area contributed by atoms with Gasteiger partial charge in [0.25, 0.3) is 0 Å². The number of benzene rings is 1. The van der Waals surface area contributed by atoms with Gasteiger partial charge in [-0.25, -0.2) is 12.8 Å². The molecule has 2 rings (SSSR count). The molecular formula is C13H18FN3O2S. The maximum absolute atomic E-state index is 13.4. The Morgan fingerprint density at radius 3 is 2.50 bits per heavy atom. The zero-order valence-electron chi connectivity index (χ0n) is 11.4. The van der Waals surface area contributed by atoms with Crippen molar-refractivity contribution in [1.29, 1.82) is 5.41 Å². The van der Waals surface area contributed by atoms with Gasteiger partial charge in [0, 0.05) is 37.0 Å². The van der Waals surface area contributed by atoms with Gasteiger partial charge in [-0.2, -0.15) is 4.31 Å². The first-order chi connectivity index (χ1) is 9.34. The lowest BCUT2D eigenvalue weighted by atomic mass is 10.2. The highest BCUT2D eigenvalue weighted by Gasteiger charge is 2.32. The minimum Gasteiger partial charge on any atom is -0.309 e. The van der Waals surface area contributed by atoms with Gasteiger partial charge in [-0.1, -0.05) is 0 Å². The summed E-state index contributed by atoms with van der Waals surface area (Å²) in [5.74, 6) is -0.620. The van der Waals surface area contributed by atoms with Crippen LogP contribution in [0.2, 0.25) is 0 Å². The predicted molar refractivity (Wildman–Crippen MR) is 75.1 cm³/mol. The quantitative estimate of drug-likeness (QED) is 0.824. The average molecular weight is 299 g/mol. The predicted octanol–water partition coefficient (Wildman–Crippen LogP) is 1.19. The van der Waals surface area contributed by atoms with Crippen molar-refractivity contribution in [3.8, 4) is 0 Å². The van der Waals surface area contributed by atoms with E-state index in [0.717, 1.165) is 18.3 Å². The monoisotopic (exact) mass is 299 g/mol. The van der Waals surface area contributed by atoms with E-state index in [1.54, 1.807) is 0 Å². The summed E-state index contributed by atoms with van der Waals surface area (Å²) in [6.45, 7) is 4.48. The van der Waals surface area contributed by atoms with Crippen molar-refractivity contribution < 1.29 is 12.8 Å². The molecule has 0 amide bonds. The molecule has 1 saturated heterocycles. The molecule has 2 unspecified atom stereocenters. The lowest BCUT2D eigenvalue weighted by Crippen LogP contribution is -2.55. The number of rotatable bonds is 3. The molecule has 1 aromatic carbocycles. The van der Waals surface area contributed by atoms with Crippen molar-refractivity contribution >= 4 is 16.2 Å². The lowest BCUT2D eigenvalue weighted by molar-refractivity contribution is 0.263. The molecule has 0 saturated carbocycles. The first kappa shape index (κ1) is 15.1. The van der Waals surface area contributed by atoms with Crippen molar-refractivity contribution in [1.82, 2.24) is 9.62 Å². The van der Waals surface area contributed by atoms with E-state index in [4.69, 9.17) is 5.41 Å². The Labute approximate surface area is 118 Å². The van der Waals surface area contributed by atoms with Gasteiger partial charge in [0.2, 0.25) is 10.0 Å². The molecule has 1 aliphatic rings. The molecule has 1 heterocycles. The van der Waals surface area contributed by atoms with Crippen LogP contribution < -0.4 is 5.32 Å². The molecule has 20 heavy (non-hydrogen) atoms. The van der Waals surface area contributed by atoms with Crippen LogP contribution in [-0.4, -0.2) is 44.1 Å². The number of nitrogens with zero attached hydrogens (tertiary/aromatic N) is 1. The fourth-order valence-corrected chi connectivity index (χ4v) is 4.27. The fourth-order valence-electron chi connectivity index (χ4n) is 2.46. The summed E-state index contributed by atoms with van der Waals surface area (Å²) in [5, 5.41) is 10.5. The molecule has 0 aliphatic carbocycles. The van der Waals surface area contributed by atoms with E-state index >= 15 is 0 Å². The molecule has 0 spiro atoms. The van der Waals surface area contributed by atoms with Crippen LogP contribution in [0.25, 0.3) is 0 Å². The molecule has 7 heteroatoms. The number of halogens is 1. The molecule has 1 aliphatic heterocycles. The van der Waals surface area contributed by atoms with E-state index in [2.05, 4.69) is 5.32 Å². The van der Waals surface area contributed by atoms with Crippen LogP contribution in [0.4, 0.5) is 4.39 Å². The summed E-state index contributed by atoms with van der Waals surface area (Å²) in [6.07, 6.45) is 0.932. The number of piperazine rings is 1. The Bertz CT molecular complexity index is 608. The van der Waals surface area contributed by atoms with Crippen molar-refractivity contribution in [2.24, 2.45) is 0 Å². The van der Waals surface area contributed by atoms with Gasteiger partial charge in [-0.05, 0) is 32.0 Å². The molecule has 110 valence electrons. The van der Waals surface area contributed by atoms with Crippen LogP contribution in [-0.2, 0) is 10.0 Å². The first-order valence-electron chi connectivity index (χ1n) is 6.41. The van der Waals surface area contributed by atoms with E-state index in [-0.39, 0.29) is 22.5 Å². The summed E-state index contributed by atoms with van der Waals surface area (Å²) in [4.78, 5) is -0.145. The van der Waals surface area contributed by atoms with Crippen LogP contribution in [0, 0.1) is 11.2 Å².